The van der Waals surface area contributed by atoms with Crippen molar-refractivity contribution in [3.63, 3.8) is 0 Å². The Kier molecular flexibility index (Phi) is 5.08. The van der Waals surface area contributed by atoms with Gasteiger partial charge in [-0.25, -0.2) is 4.79 Å². The summed E-state index contributed by atoms with van der Waals surface area (Å²) in [5.41, 5.74) is 5.67. The molecule has 2 rings (SSSR count). The Morgan fingerprint density at radius 2 is 1.88 bits per heavy atom. The normalized spacial score (nSPS) is 15.3. The molecule has 0 unspecified atom stereocenters. The van der Waals surface area contributed by atoms with Crippen LogP contribution >= 0.6 is 11.6 Å². The van der Waals surface area contributed by atoms with Crippen molar-refractivity contribution < 1.29 is 14.5 Å². The van der Waals surface area contributed by atoms with E-state index in [1.807, 2.05) is 25.7 Å². The second kappa shape index (κ2) is 6.72. The van der Waals surface area contributed by atoms with Gasteiger partial charge in [0.2, 0.25) is 0 Å². The lowest BCUT2D eigenvalue weighted by Gasteiger charge is -2.37. The molecule has 1 fully saturated rings. The Morgan fingerprint density at radius 3 is 2.38 bits per heavy atom. The summed E-state index contributed by atoms with van der Waals surface area (Å²) in [6, 6.07) is 2.76. The lowest BCUT2D eigenvalue weighted by Crippen LogP contribution is -2.50. The van der Waals surface area contributed by atoms with E-state index < -0.39 is 10.5 Å². The molecule has 1 aromatic rings. The van der Waals surface area contributed by atoms with Gasteiger partial charge in [-0.1, -0.05) is 11.6 Å². The number of benzene rings is 1. The van der Waals surface area contributed by atoms with Gasteiger partial charge in [-0.3, -0.25) is 10.1 Å². The van der Waals surface area contributed by atoms with Crippen molar-refractivity contribution in [2.24, 2.45) is 0 Å². The number of nitrogen functional groups attached to an aromatic ring is 1. The fourth-order valence-electron chi connectivity index (χ4n) is 2.42. The SMILES string of the molecule is CC(C)(C)OC(=O)N1CCN(c2cc(N)c([N+](=O)[O-])cc2Cl)CC1. The summed E-state index contributed by atoms with van der Waals surface area (Å²) in [7, 11) is 0. The van der Waals surface area contributed by atoms with E-state index in [1.165, 1.54) is 12.1 Å². The predicted molar refractivity (Wildman–Crippen MR) is 92.5 cm³/mol. The smallest absolute Gasteiger partial charge is 0.410 e. The Morgan fingerprint density at radius 1 is 1.29 bits per heavy atom. The lowest BCUT2D eigenvalue weighted by molar-refractivity contribution is -0.383. The van der Waals surface area contributed by atoms with Gasteiger partial charge in [0.15, 0.2) is 0 Å². The molecule has 2 N–H and O–H groups in total. The summed E-state index contributed by atoms with van der Waals surface area (Å²) in [5.74, 6) is 0. The third kappa shape index (κ3) is 4.19. The first-order chi connectivity index (χ1) is 11.1. The zero-order chi connectivity index (χ0) is 18.1. The van der Waals surface area contributed by atoms with Crippen LogP contribution in [0, 0.1) is 10.1 Å². The average Bonchev–Trinajstić information content (AvgIpc) is 2.47. The van der Waals surface area contributed by atoms with Crippen molar-refractivity contribution in [1.82, 2.24) is 4.90 Å². The van der Waals surface area contributed by atoms with Gasteiger partial charge in [0.1, 0.15) is 11.3 Å². The number of nitro groups is 1. The number of carbonyl (C=O) groups excluding carboxylic acids is 1. The first-order valence-corrected chi connectivity index (χ1v) is 7.92. The predicted octanol–water partition coefficient (Wildman–Crippen LogP) is 2.89. The third-order valence-electron chi connectivity index (χ3n) is 3.56. The van der Waals surface area contributed by atoms with Gasteiger partial charge in [-0.15, -0.1) is 0 Å². The summed E-state index contributed by atoms with van der Waals surface area (Å²) < 4.78 is 5.35. The van der Waals surface area contributed by atoms with E-state index in [4.69, 9.17) is 22.1 Å². The van der Waals surface area contributed by atoms with Gasteiger partial charge < -0.3 is 20.3 Å². The van der Waals surface area contributed by atoms with Gasteiger partial charge >= 0.3 is 6.09 Å². The molecule has 1 aromatic carbocycles. The summed E-state index contributed by atoms with van der Waals surface area (Å²) in [4.78, 5) is 26.0. The van der Waals surface area contributed by atoms with Crippen molar-refractivity contribution in [2.75, 3.05) is 36.8 Å². The lowest BCUT2D eigenvalue weighted by atomic mass is 10.2. The maximum atomic E-state index is 12.1. The van der Waals surface area contributed by atoms with Gasteiger partial charge in [0.05, 0.1) is 15.6 Å². The van der Waals surface area contributed by atoms with E-state index in [1.54, 1.807) is 4.90 Å². The van der Waals surface area contributed by atoms with Crippen molar-refractivity contribution in [3.05, 3.63) is 27.3 Å². The van der Waals surface area contributed by atoms with Crippen molar-refractivity contribution in [2.45, 2.75) is 26.4 Å². The van der Waals surface area contributed by atoms with Crippen LogP contribution in [0.1, 0.15) is 20.8 Å². The Bertz CT molecular complexity index is 652. The second-order valence-corrected chi connectivity index (χ2v) is 6.98. The number of anilines is 2. The molecule has 0 aliphatic carbocycles. The van der Waals surface area contributed by atoms with Crippen LogP contribution < -0.4 is 10.6 Å². The van der Waals surface area contributed by atoms with Gasteiger partial charge in [0.25, 0.3) is 5.69 Å². The van der Waals surface area contributed by atoms with Crippen LogP contribution in [0.2, 0.25) is 5.02 Å². The molecular weight excluding hydrogens is 336 g/mol. The zero-order valence-electron chi connectivity index (χ0n) is 13.9. The minimum atomic E-state index is -0.564. The van der Waals surface area contributed by atoms with Crippen LogP contribution in [0.15, 0.2) is 12.1 Å². The molecule has 9 heteroatoms. The molecule has 1 amide bonds. The van der Waals surface area contributed by atoms with Crippen LogP contribution in [0.5, 0.6) is 0 Å². The molecular formula is C15H21ClN4O4. The molecule has 132 valence electrons. The highest BCUT2D eigenvalue weighted by atomic mass is 35.5. The number of halogens is 1. The summed E-state index contributed by atoms with van der Waals surface area (Å²) in [6.07, 6.45) is -0.350. The molecule has 1 heterocycles. The number of ether oxygens (including phenoxy) is 1. The maximum absolute atomic E-state index is 12.1. The number of carbonyl (C=O) groups is 1. The monoisotopic (exact) mass is 356 g/mol. The number of nitrogens with zero attached hydrogens (tertiary/aromatic N) is 3. The largest absolute Gasteiger partial charge is 0.444 e. The van der Waals surface area contributed by atoms with Crippen LogP contribution in [0.4, 0.5) is 21.9 Å². The molecule has 1 saturated heterocycles. The van der Waals surface area contributed by atoms with Crippen LogP contribution in [-0.4, -0.2) is 47.7 Å². The van der Waals surface area contributed by atoms with Crippen molar-refractivity contribution in [1.29, 1.82) is 0 Å². The summed E-state index contributed by atoms with van der Waals surface area (Å²) >= 11 is 6.16. The fourth-order valence-corrected chi connectivity index (χ4v) is 2.70. The highest BCUT2D eigenvalue weighted by molar-refractivity contribution is 6.33. The number of nitro benzene ring substituents is 1. The summed E-state index contributed by atoms with van der Waals surface area (Å²) in [6.45, 7) is 7.48. The number of nitrogens with two attached hydrogens (primary N) is 1. The van der Waals surface area contributed by atoms with Crippen LogP contribution in [0.25, 0.3) is 0 Å². The molecule has 1 aliphatic heterocycles. The first-order valence-electron chi connectivity index (χ1n) is 7.55. The minimum Gasteiger partial charge on any atom is -0.444 e. The highest BCUT2D eigenvalue weighted by Gasteiger charge is 2.27. The maximum Gasteiger partial charge on any atom is 0.410 e. The minimum absolute atomic E-state index is 0.0639. The van der Waals surface area contributed by atoms with E-state index in [0.29, 0.717) is 31.9 Å². The average molecular weight is 357 g/mol. The molecule has 0 atom stereocenters. The van der Waals surface area contributed by atoms with Crippen molar-refractivity contribution >= 4 is 34.8 Å². The molecule has 0 spiro atoms. The molecule has 1 aliphatic rings. The number of amides is 1. The molecule has 0 radical (unpaired) electrons. The molecule has 0 aromatic heterocycles. The Hall–Kier alpha value is -2.22. The number of piperazine rings is 1. The highest BCUT2D eigenvalue weighted by Crippen LogP contribution is 2.35. The zero-order valence-corrected chi connectivity index (χ0v) is 14.7. The van der Waals surface area contributed by atoms with E-state index in [2.05, 4.69) is 0 Å². The molecule has 24 heavy (non-hydrogen) atoms. The van der Waals surface area contributed by atoms with E-state index in [-0.39, 0.29) is 22.5 Å². The van der Waals surface area contributed by atoms with E-state index in [9.17, 15) is 14.9 Å². The number of rotatable bonds is 2. The first kappa shape index (κ1) is 18.1. The topological polar surface area (TPSA) is 102 Å². The molecule has 8 nitrogen and oxygen atoms in total. The fraction of sp³-hybridized carbons (Fsp3) is 0.533. The quantitative estimate of drug-likeness (QED) is 0.496. The van der Waals surface area contributed by atoms with E-state index >= 15 is 0 Å². The van der Waals surface area contributed by atoms with Gasteiger partial charge in [-0.05, 0) is 26.8 Å². The molecule has 0 saturated carbocycles. The standard InChI is InChI=1S/C15H21ClN4O4/c1-15(2,3)24-14(21)19-6-4-18(5-7-19)12-9-11(17)13(20(22)23)8-10(12)16/h8-9H,4-7,17H2,1-3H3. The number of hydrogen-bond donors (Lipinski definition) is 1. The number of hydrogen-bond acceptors (Lipinski definition) is 6. The Labute approximate surface area is 145 Å². The van der Waals surface area contributed by atoms with Gasteiger partial charge in [0, 0.05) is 32.2 Å². The van der Waals surface area contributed by atoms with Gasteiger partial charge in [-0.2, -0.15) is 0 Å². The summed E-state index contributed by atoms with van der Waals surface area (Å²) in [5, 5.41) is 11.2. The van der Waals surface area contributed by atoms with E-state index in [0.717, 1.165) is 0 Å². The Balaban J connectivity index is 2.06. The molecule has 0 bridgehead atoms. The van der Waals surface area contributed by atoms with Crippen LogP contribution in [0.3, 0.4) is 0 Å². The third-order valence-corrected chi connectivity index (χ3v) is 3.87. The second-order valence-electron chi connectivity index (χ2n) is 6.57. The van der Waals surface area contributed by atoms with Crippen molar-refractivity contribution in [3.8, 4) is 0 Å². The van der Waals surface area contributed by atoms with Crippen LogP contribution in [-0.2, 0) is 4.74 Å².